The van der Waals surface area contributed by atoms with E-state index in [9.17, 15) is 10.1 Å². The maximum absolute atomic E-state index is 10.2. The van der Waals surface area contributed by atoms with Gasteiger partial charge in [0.05, 0.1) is 19.3 Å². The fourth-order valence-corrected chi connectivity index (χ4v) is 2.09. The van der Waals surface area contributed by atoms with Crippen molar-refractivity contribution in [1.82, 2.24) is 4.90 Å². The highest BCUT2D eigenvalue weighted by Crippen LogP contribution is 2.30. The molecule has 0 bridgehead atoms. The average Bonchev–Trinajstić information content (AvgIpc) is 2.66. The summed E-state index contributed by atoms with van der Waals surface area (Å²) in [5.74, 6) is 0. The molecule has 94 valence electrons. The molecule has 0 amide bonds. The zero-order valence-electron chi connectivity index (χ0n) is 9.07. The molecule has 2 heterocycles. The highest BCUT2D eigenvalue weighted by molar-refractivity contribution is 5.85. The second-order valence-electron chi connectivity index (χ2n) is 3.99. The predicted molar refractivity (Wildman–Crippen MR) is 56.1 cm³/mol. The van der Waals surface area contributed by atoms with Crippen LogP contribution in [-0.4, -0.2) is 61.6 Å². The first-order valence-electron chi connectivity index (χ1n) is 4.80. The van der Waals surface area contributed by atoms with Crippen LogP contribution in [0.25, 0.3) is 0 Å². The van der Waals surface area contributed by atoms with E-state index < -0.39 is 11.2 Å². The number of hydrogen-bond donors (Lipinski definition) is 0. The summed E-state index contributed by atoms with van der Waals surface area (Å²) in [6.07, 6.45) is -1.03. The van der Waals surface area contributed by atoms with E-state index in [0.29, 0.717) is 6.61 Å². The molecule has 7 nitrogen and oxygen atoms in total. The van der Waals surface area contributed by atoms with Crippen molar-refractivity contribution in [1.29, 1.82) is 0 Å². The van der Waals surface area contributed by atoms with Crippen LogP contribution in [0, 0.1) is 10.1 Å². The zero-order valence-corrected chi connectivity index (χ0v) is 9.88. The highest BCUT2D eigenvalue weighted by Gasteiger charge is 2.49. The minimum atomic E-state index is -0.789. The molecule has 0 aliphatic carbocycles. The molecule has 0 radical (unpaired) electrons. The maximum Gasteiger partial charge on any atom is 0.294 e. The largest absolute Gasteiger partial charge is 0.371 e. The van der Waals surface area contributed by atoms with Crippen molar-refractivity contribution >= 4 is 12.4 Å². The lowest BCUT2D eigenvalue weighted by Gasteiger charge is -2.22. The molecule has 0 unspecified atom stereocenters. The van der Waals surface area contributed by atoms with Crippen molar-refractivity contribution in [3.05, 3.63) is 10.1 Å². The van der Waals surface area contributed by atoms with Gasteiger partial charge in [0.1, 0.15) is 12.2 Å². The van der Waals surface area contributed by atoms with Gasteiger partial charge in [0.15, 0.2) is 6.10 Å². The molecule has 4 atom stereocenters. The average molecular weight is 255 g/mol. The van der Waals surface area contributed by atoms with Crippen molar-refractivity contribution in [3.63, 3.8) is 0 Å². The molecule has 2 rings (SSSR count). The summed E-state index contributed by atoms with van der Waals surface area (Å²) in [6, 6.07) is 0.148. The Morgan fingerprint density at radius 2 is 1.94 bits per heavy atom. The Bertz CT molecular complexity index is 265. The van der Waals surface area contributed by atoms with Gasteiger partial charge >= 0.3 is 0 Å². The summed E-state index contributed by atoms with van der Waals surface area (Å²) >= 11 is 0. The van der Waals surface area contributed by atoms with Gasteiger partial charge in [-0.15, -0.1) is 22.5 Å². The second-order valence-corrected chi connectivity index (χ2v) is 3.99. The van der Waals surface area contributed by atoms with E-state index in [1.165, 1.54) is 0 Å². The Labute approximate surface area is 99.1 Å². The lowest BCUT2D eigenvalue weighted by atomic mass is 10.1. The molecule has 16 heavy (non-hydrogen) atoms. The molecule has 0 aromatic carbocycles. The zero-order chi connectivity index (χ0) is 11.0. The molecule has 2 saturated heterocycles. The first-order valence-corrected chi connectivity index (χ1v) is 4.80. The van der Waals surface area contributed by atoms with E-state index in [4.69, 9.17) is 9.47 Å². The van der Waals surface area contributed by atoms with Crippen LogP contribution in [0.5, 0.6) is 0 Å². The maximum atomic E-state index is 10.2. The van der Waals surface area contributed by atoms with Crippen LogP contribution < -0.4 is 0 Å². The van der Waals surface area contributed by atoms with Gasteiger partial charge < -0.3 is 19.2 Å². The van der Waals surface area contributed by atoms with Crippen molar-refractivity contribution in [2.24, 2.45) is 0 Å². The smallest absolute Gasteiger partial charge is 0.294 e. The number of halogens is 1. The third kappa shape index (κ3) is 2.37. The van der Waals surface area contributed by atoms with Crippen molar-refractivity contribution in [3.8, 4) is 0 Å². The molecule has 2 fully saturated rings. The van der Waals surface area contributed by atoms with Gasteiger partial charge in [0.2, 0.25) is 0 Å². The summed E-state index contributed by atoms with van der Waals surface area (Å²) in [5.41, 5.74) is 0. The van der Waals surface area contributed by atoms with E-state index in [1.807, 2.05) is 19.0 Å². The second kappa shape index (κ2) is 5.13. The summed E-state index contributed by atoms with van der Waals surface area (Å²) in [4.78, 5) is 16.7. The van der Waals surface area contributed by atoms with Gasteiger partial charge in [-0.2, -0.15) is 0 Å². The third-order valence-corrected chi connectivity index (χ3v) is 2.87. The fraction of sp³-hybridized carbons (Fsp3) is 1.00. The third-order valence-electron chi connectivity index (χ3n) is 2.87. The SMILES string of the molecule is CN(C)[C@H]1CO[C@H]2[C@@H]1OC[C@@H]2O[N+](=O)[O-].Cl. The molecular weight excluding hydrogens is 240 g/mol. The van der Waals surface area contributed by atoms with Crippen LogP contribution in [0.15, 0.2) is 0 Å². The van der Waals surface area contributed by atoms with Gasteiger partial charge in [-0.1, -0.05) is 0 Å². The van der Waals surface area contributed by atoms with Gasteiger partial charge in [-0.05, 0) is 14.1 Å². The first kappa shape index (κ1) is 13.4. The van der Waals surface area contributed by atoms with E-state index in [1.54, 1.807) is 0 Å². The Morgan fingerprint density at radius 1 is 1.31 bits per heavy atom. The van der Waals surface area contributed by atoms with Crippen LogP contribution in [0.4, 0.5) is 0 Å². The predicted octanol–water partition coefficient (Wildman–Crippen LogP) is -0.287. The number of rotatable bonds is 3. The number of ether oxygens (including phenoxy) is 2. The Balaban J connectivity index is 0.00000128. The number of likely N-dealkylation sites (N-methyl/N-ethyl adjacent to an activating group) is 1. The Hall–Kier alpha value is -0.630. The Morgan fingerprint density at radius 3 is 2.50 bits per heavy atom. The molecule has 0 aromatic rings. The first-order chi connectivity index (χ1) is 7.09. The van der Waals surface area contributed by atoms with Crippen LogP contribution in [0.3, 0.4) is 0 Å². The molecule has 0 N–H and O–H groups in total. The number of hydrogen-bond acceptors (Lipinski definition) is 6. The van der Waals surface area contributed by atoms with Crippen LogP contribution in [0.2, 0.25) is 0 Å². The van der Waals surface area contributed by atoms with E-state index in [-0.39, 0.29) is 37.3 Å². The van der Waals surface area contributed by atoms with Crippen molar-refractivity contribution in [2.75, 3.05) is 27.3 Å². The van der Waals surface area contributed by atoms with Gasteiger partial charge in [0.25, 0.3) is 5.09 Å². The summed E-state index contributed by atoms with van der Waals surface area (Å²) in [7, 11) is 3.86. The molecule has 0 saturated carbocycles. The lowest BCUT2D eigenvalue weighted by Crippen LogP contribution is -2.40. The molecular formula is C8H15ClN2O5. The van der Waals surface area contributed by atoms with Crippen molar-refractivity contribution in [2.45, 2.75) is 24.4 Å². The summed E-state index contributed by atoms with van der Waals surface area (Å²) in [5, 5.41) is 9.43. The van der Waals surface area contributed by atoms with Crippen molar-refractivity contribution < 1.29 is 19.4 Å². The summed E-state index contributed by atoms with van der Waals surface area (Å²) in [6.45, 7) is 0.751. The van der Waals surface area contributed by atoms with Crippen LogP contribution in [-0.2, 0) is 14.3 Å². The summed E-state index contributed by atoms with van der Waals surface area (Å²) < 4.78 is 10.9. The molecule has 8 heteroatoms. The van der Waals surface area contributed by atoms with Gasteiger partial charge in [0, 0.05) is 0 Å². The van der Waals surface area contributed by atoms with Gasteiger partial charge in [-0.3, -0.25) is 0 Å². The molecule has 0 spiro atoms. The standard InChI is InChI=1S/C8H14N2O5.ClH/c1-9(2)5-3-13-8-6(15-10(11)12)4-14-7(5)8;/h5-8H,3-4H2,1-2H3;1H/t5-,6-,7+,8+;/m0./s1. The topological polar surface area (TPSA) is 74.1 Å². The van der Waals surface area contributed by atoms with E-state index >= 15 is 0 Å². The quantitative estimate of drug-likeness (QED) is 0.509. The number of fused-ring (bicyclic) bond motifs is 1. The van der Waals surface area contributed by atoms with Crippen LogP contribution in [0.1, 0.15) is 0 Å². The minimum absolute atomic E-state index is 0. The lowest BCUT2D eigenvalue weighted by molar-refractivity contribution is -0.769. The van der Waals surface area contributed by atoms with E-state index in [0.717, 1.165) is 0 Å². The molecule has 2 aliphatic rings. The van der Waals surface area contributed by atoms with E-state index in [2.05, 4.69) is 4.84 Å². The molecule has 0 aromatic heterocycles. The normalized spacial score (nSPS) is 36.9. The highest BCUT2D eigenvalue weighted by atomic mass is 35.5. The molecule has 2 aliphatic heterocycles. The minimum Gasteiger partial charge on any atom is -0.371 e. The number of nitrogens with zero attached hydrogens (tertiary/aromatic N) is 2. The monoisotopic (exact) mass is 254 g/mol. The Kier molecular flexibility index (Phi) is 4.31. The van der Waals surface area contributed by atoms with Gasteiger partial charge in [-0.25, -0.2) is 0 Å². The fourth-order valence-electron chi connectivity index (χ4n) is 2.09. The van der Waals surface area contributed by atoms with Crippen LogP contribution >= 0.6 is 12.4 Å².